The van der Waals surface area contributed by atoms with Gasteiger partial charge in [-0.05, 0) is 11.4 Å². The molecule has 0 saturated carbocycles. The minimum atomic E-state index is -0.218. The van der Waals surface area contributed by atoms with E-state index in [1.165, 1.54) is 11.3 Å². The lowest BCUT2D eigenvalue weighted by molar-refractivity contribution is -0.139. The van der Waals surface area contributed by atoms with Crippen LogP contribution in [0.2, 0.25) is 0 Å². The van der Waals surface area contributed by atoms with Crippen molar-refractivity contribution in [3.63, 3.8) is 0 Å². The van der Waals surface area contributed by atoms with E-state index in [1.54, 1.807) is 23.1 Å². The summed E-state index contributed by atoms with van der Waals surface area (Å²) in [7, 11) is 1.40. The Kier molecular flexibility index (Phi) is 4.83. The third-order valence-corrected chi connectivity index (χ3v) is 4.67. The van der Waals surface area contributed by atoms with Crippen LogP contribution in [0.4, 0.5) is 0 Å². The Morgan fingerprint density at radius 2 is 2.62 bits per heavy atom. The lowest BCUT2D eigenvalue weighted by atomic mass is 10.5. The molecule has 0 fully saturated rings. The van der Waals surface area contributed by atoms with E-state index >= 15 is 0 Å². The number of alkyl halides is 1. The van der Waals surface area contributed by atoms with Gasteiger partial charge in [-0.15, -0.1) is 23.1 Å². The maximum Gasteiger partial charge on any atom is 0.320 e. The maximum atomic E-state index is 11.0. The van der Waals surface area contributed by atoms with Crippen LogP contribution >= 0.6 is 39.0 Å². The molecule has 1 aromatic heterocycles. The molecule has 0 radical (unpaired) electrons. The molecule has 0 bridgehead atoms. The molecule has 0 N–H and O–H groups in total. The molecule has 0 aliphatic rings. The van der Waals surface area contributed by atoms with Gasteiger partial charge in [0.1, 0.15) is 4.83 Å². The summed E-state index contributed by atoms with van der Waals surface area (Å²) in [6.07, 6.45) is 0. The largest absolute Gasteiger partial charge is 0.468 e. The highest BCUT2D eigenvalue weighted by atomic mass is 79.9. The molecule has 2 nitrogen and oxygen atoms in total. The van der Waals surface area contributed by atoms with Crippen LogP contribution in [0.5, 0.6) is 0 Å². The standard InChI is InChI=1S/C8H9BrO2S2/c1-11-8(10)6(9)5-13-7-3-2-4-12-7/h2-4,6H,5H2,1H3. The average molecular weight is 281 g/mol. The summed E-state index contributed by atoms with van der Waals surface area (Å²) < 4.78 is 5.80. The fraction of sp³-hybridized carbons (Fsp3) is 0.375. The number of carbonyl (C=O) groups excluding carboxylic acids is 1. The van der Waals surface area contributed by atoms with Crippen molar-refractivity contribution < 1.29 is 9.53 Å². The number of rotatable bonds is 4. The first-order valence-electron chi connectivity index (χ1n) is 3.62. The van der Waals surface area contributed by atoms with E-state index in [9.17, 15) is 4.79 Å². The van der Waals surface area contributed by atoms with Crippen LogP contribution in [-0.4, -0.2) is 23.7 Å². The zero-order chi connectivity index (χ0) is 9.68. The summed E-state index contributed by atoms with van der Waals surface area (Å²) in [4.78, 5) is 10.8. The third kappa shape index (κ3) is 3.70. The van der Waals surface area contributed by atoms with E-state index in [0.717, 1.165) is 0 Å². The smallest absolute Gasteiger partial charge is 0.320 e. The Morgan fingerprint density at radius 3 is 3.15 bits per heavy atom. The number of ether oxygens (including phenoxy) is 1. The first kappa shape index (κ1) is 11.1. The number of carbonyl (C=O) groups is 1. The van der Waals surface area contributed by atoms with Gasteiger partial charge in [0.25, 0.3) is 0 Å². The number of hydrogen-bond donors (Lipinski definition) is 0. The summed E-state index contributed by atoms with van der Waals surface area (Å²) >= 11 is 6.58. The zero-order valence-electron chi connectivity index (χ0n) is 7.03. The summed E-state index contributed by atoms with van der Waals surface area (Å²) in [6.45, 7) is 0. The topological polar surface area (TPSA) is 26.3 Å². The van der Waals surface area contributed by atoms with Crippen molar-refractivity contribution in [2.45, 2.75) is 9.04 Å². The number of methoxy groups -OCH3 is 1. The van der Waals surface area contributed by atoms with Crippen LogP contribution in [0.1, 0.15) is 0 Å². The highest BCUT2D eigenvalue weighted by Gasteiger charge is 2.15. The lowest BCUT2D eigenvalue weighted by Gasteiger charge is -2.05. The second-order valence-corrected chi connectivity index (χ2v) is 5.61. The van der Waals surface area contributed by atoms with Crippen molar-refractivity contribution >= 4 is 45.0 Å². The molecule has 0 amide bonds. The maximum absolute atomic E-state index is 11.0. The first-order valence-corrected chi connectivity index (χ1v) is 6.40. The molecule has 0 aliphatic carbocycles. The fourth-order valence-corrected chi connectivity index (χ4v) is 2.99. The summed E-state index contributed by atoms with van der Waals surface area (Å²) in [5.41, 5.74) is 0. The zero-order valence-corrected chi connectivity index (χ0v) is 10.2. The van der Waals surface area contributed by atoms with Gasteiger partial charge in [0.15, 0.2) is 0 Å². The van der Waals surface area contributed by atoms with Crippen molar-refractivity contribution in [1.82, 2.24) is 0 Å². The monoisotopic (exact) mass is 280 g/mol. The highest BCUT2D eigenvalue weighted by molar-refractivity contribution is 9.10. The number of thiophene rings is 1. The van der Waals surface area contributed by atoms with Crippen LogP contribution in [0.25, 0.3) is 0 Å². The molecule has 13 heavy (non-hydrogen) atoms. The van der Waals surface area contributed by atoms with Crippen LogP contribution in [0, 0.1) is 0 Å². The Hall–Kier alpha value is -0.0000000000000000833. The Balaban J connectivity index is 2.30. The van der Waals surface area contributed by atoms with Gasteiger partial charge >= 0.3 is 5.97 Å². The van der Waals surface area contributed by atoms with Crippen LogP contribution < -0.4 is 0 Å². The predicted molar refractivity (Wildman–Crippen MR) is 59.8 cm³/mol. The van der Waals surface area contributed by atoms with Gasteiger partial charge in [-0.3, -0.25) is 4.79 Å². The van der Waals surface area contributed by atoms with Gasteiger partial charge in [-0.25, -0.2) is 0 Å². The Labute approximate surface area is 93.8 Å². The van der Waals surface area contributed by atoms with Crippen LogP contribution in [-0.2, 0) is 9.53 Å². The normalized spacial score (nSPS) is 12.5. The second-order valence-electron chi connectivity index (χ2n) is 2.23. The first-order chi connectivity index (χ1) is 6.24. The number of halogens is 1. The van der Waals surface area contributed by atoms with Crippen molar-refractivity contribution in [1.29, 1.82) is 0 Å². The molecule has 0 spiro atoms. The molecule has 0 saturated heterocycles. The molecule has 0 aromatic carbocycles. The summed E-state index contributed by atoms with van der Waals surface area (Å²) in [5.74, 6) is 0.483. The SMILES string of the molecule is COC(=O)C(Br)CSc1cccs1. The van der Waals surface area contributed by atoms with E-state index in [2.05, 4.69) is 20.7 Å². The van der Waals surface area contributed by atoms with E-state index in [4.69, 9.17) is 0 Å². The molecule has 1 atom stereocenters. The molecule has 1 aromatic rings. The minimum absolute atomic E-state index is 0.218. The van der Waals surface area contributed by atoms with E-state index in [1.807, 2.05) is 17.5 Å². The average Bonchev–Trinajstić information content (AvgIpc) is 2.65. The van der Waals surface area contributed by atoms with Gasteiger partial charge in [0, 0.05) is 5.75 Å². The van der Waals surface area contributed by atoms with Crippen molar-refractivity contribution in [3.05, 3.63) is 17.5 Å². The lowest BCUT2D eigenvalue weighted by Crippen LogP contribution is -2.17. The molecule has 0 aliphatic heterocycles. The summed E-state index contributed by atoms with van der Waals surface area (Å²) in [6, 6.07) is 4.03. The van der Waals surface area contributed by atoms with E-state index < -0.39 is 0 Å². The van der Waals surface area contributed by atoms with Crippen molar-refractivity contribution in [2.24, 2.45) is 0 Å². The van der Waals surface area contributed by atoms with Gasteiger partial charge < -0.3 is 4.74 Å². The molecule has 5 heteroatoms. The number of esters is 1. The second kappa shape index (κ2) is 5.67. The predicted octanol–water partition coefficient (Wildman–Crippen LogP) is 2.78. The van der Waals surface area contributed by atoms with Crippen LogP contribution in [0.3, 0.4) is 0 Å². The number of thioether (sulfide) groups is 1. The minimum Gasteiger partial charge on any atom is -0.468 e. The van der Waals surface area contributed by atoms with Crippen LogP contribution in [0.15, 0.2) is 21.7 Å². The van der Waals surface area contributed by atoms with E-state index in [0.29, 0.717) is 5.75 Å². The van der Waals surface area contributed by atoms with E-state index in [-0.39, 0.29) is 10.8 Å². The quantitative estimate of drug-likeness (QED) is 0.482. The molecule has 1 unspecified atom stereocenters. The fourth-order valence-electron chi connectivity index (χ4n) is 0.697. The summed E-state index contributed by atoms with van der Waals surface area (Å²) in [5, 5.41) is 2.02. The van der Waals surface area contributed by atoms with Crippen molar-refractivity contribution in [3.8, 4) is 0 Å². The van der Waals surface area contributed by atoms with Gasteiger partial charge in [-0.2, -0.15) is 0 Å². The Morgan fingerprint density at radius 1 is 1.85 bits per heavy atom. The molecule has 1 rings (SSSR count). The Bertz CT molecular complexity index is 261. The number of hydrogen-bond acceptors (Lipinski definition) is 4. The molecule has 72 valence electrons. The van der Waals surface area contributed by atoms with Crippen molar-refractivity contribution in [2.75, 3.05) is 12.9 Å². The third-order valence-electron chi connectivity index (χ3n) is 1.32. The highest BCUT2D eigenvalue weighted by Crippen LogP contribution is 2.25. The van der Waals surface area contributed by atoms with Gasteiger partial charge in [0.2, 0.25) is 0 Å². The molecular weight excluding hydrogens is 272 g/mol. The molecule has 1 heterocycles. The van der Waals surface area contributed by atoms with Gasteiger partial charge in [0.05, 0.1) is 11.3 Å². The molecular formula is C8H9BrO2S2. The van der Waals surface area contributed by atoms with Gasteiger partial charge in [-0.1, -0.05) is 22.0 Å².